The minimum absolute atomic E-state index is 0.100. The van der Waals surface area contributed by atoms with Gasteiger partial charge in [-0.25, -0.2) is 0 Å². The van der Waals surface area contributed by atoms with Crippen LogP contribution >= 0.6 is 15.9 Å². The highest BCUT2D eigenvalue weighted by molar-refractivity contribution is 9.10. The van der Waals surface area contributed by atoms with Crippen LogP contribution in [0.5, 0.6) is 0 Å². The van der Waals surface area contributed by atoms with Crippen molar-refractivity contribution in [2.45, 2.75) is 44.6 Å². The van der Waals surface area contributed by atoms with E-state index in [1.807, 2.05) is 12.1 Å². The van der Waals surface area contributed by atoms with Crippen LogP contribution in [0.25, 0.3) is 0 Å². The quantitative estimate of drug-likeness (QED) is 0.930. The van der Waals surface area contributed by atoms with E-state index in [-0.39, 0.29) is 18.1 Å². The number of pyridine rings is 1. The number of nitrogens with zero attached hydrogens (tertiary/aromatic N) is 1. The Morgan fingerprint density at radius 3 is 2.72 bits per heavy atom. The monoisotopic (exact) mass is 311 g/mol. The fourth-order valence-corrected chi connectivity index (χ4v) is 2.74. The largest absolute Gasteiger partial charge is 0.385 e. The Hall–Kier alpha value is -0.740. The summed E-state index contributed by atoms with van der Waals surface area (Å²) in [4.78, 5) is 16.2. The molecule has 0 spiro atoms. The van der Waals surface area contributed by atoms with E-state index in [2.05, 4.69) is 20.9 Å². The zero-order valence-corrected chi connectivity index (χ0v) is 11.9. The molecule has 0 aliphatic heterocycles. The van der Waals surface area contributed by atoms with Gasteiger partial charge in [-0.05, 0) is 46.8 Å². The van der Waals surface area contributed by atoms with Crippen LogP contribution < -0.4 is 0 Å². The van der Waals surface area contributed by atoms with Gasteiger partial charge in [-0.2, -0.15) is 0 Å². The Balaban J connectivity index is 1.92. The molecule has 0 bridgehead atoms. The average molecular weight is 312 g/mol. The number of hydrogen-bond donors (Lipinski definition) is 1. The van der Waals surface area contributed by atoms with Crippen molar-refractivity contribution >= 4 is 21.7 Å². The lowest BCUT2D eigenvalue weighted by Crippen LogP contribution is -2.32. The molecule has 1 saturated carbocycles. The van der Waals surface area contributed by atoms with Gasteiger partial charge >= 0.3 is 0 Å². The fraction of sp³-hybridized carbons (Fsp3) is 0.571. The third-order valence-electron chi connectivity index (χ3n) is 3.57. The lowest BCUT2D eigenvalue weighted by molar-refractivity contribution is -0.129. The number of ketones is 1. The number of carbonyl (C=O) groups is 1. The van der Waals surface area contributed by atoms with E-state index < -0.39 is 6.10 Å². The number of rotatable bonds is 4. The number of aromatic nitrogens is 1. The van der Waals surface area contributed by atoms with Crippen LogP contribution in [-0.2, 0) is 11.2 Å². The molecule has 1 aromatic heterocycles. The van der Waals surface area contributed by atoms with Crippen LogP contribution in [0.3, 0.4) is 0 Å². The lowest BCUT2D eigenvalue weighted by atomic mass is 9.83. The Morgan fingerprint density at radius 1 is 1.39 bits per heavy atom. The van der Waals surface area contributed by atoms with Gasteiger partial charge in [0.15, 0.2) is 5.78 Å². The maximum absolute atomic E-state index is 12.0. The second kappa shape index (κ2) is 6.43. The molecule has 1 unspecified atom stereocenters. The number of hydrogen-bond acceptors (Lipinski definition) is 3. The standard InChI is InChI=1S/C14H18BrNO2/c15-11-6-7-12(16-9-11)8-13(17)14(18)10-4-2-1-3-5-10/h6-7,9-10,14,18H,1-5,8H2. The summed E-state index contributed by atoms with van der Waals surface area (Å²) < 4.78 is 0.895. The zero-order chi connectivity index (χ0) is 13.0. The summed E-state index contributed by atoms with van der Waals surface area (Å²) in [5.41, 5.74) is 0.720. The average Bonchev–Trinajstić information content (AvgIpc) is 2.41. The molecule has 1 aromatic rings. The first kappa shape index (κ1) is 13.7. The second-order valence-corrected chi connectivity index (χ2v) is 5.87. The summed E-state index contributed by atoms with van der Waals surface area (Å²) in [6.45, 7) is 0. The van der Waals surface area contributed by atoms with Crippen LogP contribution in [0.4, 0.5) is 0 Å². The molecule has 3 nitrogen and oxygen atoms in total. The molecule has 0 amide bonds. The number of halogens is 1. The molecule has 1 heterocycles. The summed E-state index contributed by atoms with van der Waals surface area (Å²) in [6.07, 6.45) is 6.53. The molecule has 4 heteroatoms. The maximum atomic E-state index is 12.0. The number of Topliss-reactive ketones (excluding diaryl/α,β-unsaturated/α-hetero) is 1. The van der Waals surface area contributed by atoms with Crippen molar-refractivity contribution in [1.29, 1.82) is 0 Å². The SMILES string of the molecule is O=C(Cc1ccc(Br)cn1)C(O)C1CCCCC1. The second-order valence-electron chi connectivity index (χ2n) is 4.95. The fourth-order valence-electron chi connectivity index (χ4n) is 2.51. The van der Waals surface area contributed by atoms with Crippen molar-refractivity contribution < 1.29 is 9.90 Å². The van der Waals surface area contributed by atoms with Gasteiger partial charge in [0.1, 0.15) is 6.10 Å². The normalized spacial score (nSPS) is 18.6. The lowest BCUT2D eigenvalue weighted by Gasteiger charge is -2.25. The van der Waals surface area contributed by atoms with Crippen LogP contribution in [0.2, 0.25) is 0 Å². The topological polar surface area (TPSA) is 50.2 Å². The van der Waals surface area contributed by atoms with Crippen LogP contribution in [0, 0.1) is 5.92 Å². The molecule has 1 N–H and O–H groups in total. The molecule has 0 radical (unpaired) electrons. The third-order valence-corrected chi connectivity index (χ3v) is 4.04. The molecular formula is C14H18BrNO2. The highest BCUT2D eigenvalue weighted by Crippen LogP contribution is 2.27. The molecule has 2 rings (SSSR count). The van der Waals surface area contributed by atoms with Gasteiger partial charge in [0.25, 0.3) is 0 Å². The molecule has 1 aliphatic rings. The summed E-state index contributed by atoms with van der Waals surface area (Å²) in [7, 11) is 0. The van der Waals surface area contributed by atoms with Gasteiger partial charge in [-0.1, -0.05) is 19.3 Å². The third kappa shape index (κ3) is 3.62. The summed E-state index contributed by atoms with van der Waals surface area (Å²) in [5.74, 6) is 0.0541. The zero-order valence-electron chi connectivity index (χ0n) is 10.3. The molecule has 0 aromatic carbocycles. The Labute approximate surface area is 116 Å². The van der Waals surface area contributed by atoms with Crippen molar-refractivity contribution in [3.05, 3.63) is 28.5 Å². The maximum Gasteiger partial charge on any atom is 0.167 e. The Bertz CT molecular complexity index is 399. The minimum Gasteiger partial charge on any atom is -0.385 e. The molecule has 98 valence electrons. The van der Waals surface area contributed by atoms with E-state index in [0.717, 1.165) is 35.8 Å². The summed E-state index contributed by atoms with van der Waals surface area (Å²) >= 11 is 3.31. The van der Waals surface area contributed by atoms with E-state index in [0.29, 0.717) is 0 Å². The molecule has 1 aliphatic carbocycles. The summed E-state index contributed by atoms with van der Waals surface area (Å²) in [6, 6.07) is 3.68. The van der Waals surface area contributed by atoms with E-state index >= 15 is 0 Å². The number of aliphatic hydroxyl groups is 1. The predicted octanol–water partition coefficient (Wildman–Crippen LogP) is 2.90. The molecule has 1 fully saturated rings. The van der Waals surface area contributed by atoms with Gasteiger partial charge in [0.2, 0.25) is 0 Å². The van der Waals surface area contributed by atoms with Gasteiger partial charge in [-0.3, -0.25) is 9.78 Å². The smallest absolute Gasteiger partial charge is 0.167 e. The van der Waals surface area contributed by atoms with Gasteiger partial charge < -0.3 is 5.11 Å². The first-order valence-corrected chi connectivity index (χ1v) is 7.27. The van der Waals surface area contributed by atoms with Gasteiger partial charge in [0, 0.05) is 16.4 Å². The van der Waals surface area contributed by atoms with Crippen LogP contribution in [0.15, 0.2) is 22.8 Å². The highest BCUT2D eigenvalue weighted by atomic mass is 79.9. The van der Waals surface area contributed by atoms with Crippen molar-refractivity contribution in [1.82, 2.24) is 4.98 Å². The van der Waals surface area contributed by atoms with E-state index in [4.69, 9.17) is 0 Å². The van der Waals surface area contributed by atoms with Gasteiger partial charge in [-0.15, -0.1) is 0 Å². The molecule has 0 saturated heterocycles. The highest BCUT2D eigenvalue weighted by Gasteiger charge is 2.27. The Kier molecular flexibility index (Phi) is 4.89. The van der Waals surface area contributed by atoms with Crippen molar-refractivity contribution in [3.63, 3.8) is 0 Å². The van der Waals surface area contributed by atoms with Gasteiger partial charge in [0.05, 0.1) is 6.42 Å². The number of carbonyl (C=O) groups excluding carboxylic acids is 1. The van der Waals surface area contributed by atoms with E-state index in [1.165, 1.54) is 6.42 Å². The van der Waals surface area contributed by atoms with Crippen LogP contribution in [-0.4, -0.2) is 22.0 Å². The van der Waals surface area contributed by atoms with Crippen molar-refractivity contribution in [2.75, 3.05) is 0 Å². The molecule has 18 heavy (non-hydrogen) atoms. The first-order chi connectivity index (χ1) is 8.66. The van der Waals surface area contributed by atoms with Crippen molar-refractivity contribution in [3.8, 4) is 0 Å². The molecular weight excluding hydrogens is 294 g/mol. The van der Waals surface area contributed by atoms with Crippen LogP contribution in [0.1, 0.15) is 37.8 Å². The summed E-state index contributed by atoms with van der Waals surface area (Å²) in [5, 5.41) is 10.1. The Morgan fingerprint density at radius 2 is 2.11 bits per heavy atom. The number of aliphatic hydroxyl groups excluding tert-OH is 1. The first-order valence-electron chi connectivity index (χ1n) is 6.48. The minimum atomic E-state index is -0.809. The predicted molar refractivity (Wildman–Crippen MR) is 73.2 cm³/mol. The van der Waals surface area contributed by atoms with Crippen molar-refractivity contribution in [2.24, 2.45) is 5.92 Å². The van der Waals surface area contributed by atoms with E-state index in [1.54, 1.807) is 6.20 Å². The van der Waals surface area contributed by atoms with E-state index in [9.17, 15) is 9.90 Å². The molecule has 1 atom stereocenters.